The van der Waals surface area contributed by atoms with E-state index in [4.69, 9.17) is 9.84 Å². The Morgan fingerprint density at radius 1 is 1.14 bits per heavy atom. The Bertz CT molecular complexity index is 381. The van der Waals surface area contributed by atoms with E-state index < -0.39 is 5.97 Å². The molecule has 0 saturated carbocycles. The third-order valence-electron chi connectivity index (χ3n) is 3.62. The van der Waals surface area contributed by atoms with Crippen LogP contribution in [0.15, 0.2) is 0 Å². The van der Waals surface area contributed by atoms with Crippen LogP contribution < -0.4 is 0 Å². The van der Waals surface area contributed by atoms with Crippen LogP contribution in [-0.2, 0) is 19.1 Å². The van der Waals surface area contributed by atoms with Gasteiger partial charge in [-0.1, -0.05) is 34.6 Å². The van der Waals surface area contributed by atoms with Crippen molar-refractivity contribution in [2.75, 3.05) is 6.61 Å². The minimum atomic E-state index is -0.972. The summed E-state index contributed by atoms with van der Waals surface area (Å²) >= 11 is 0. The molecule has 5 heteroatoms. The highest BCUT2D eigenvalue weighted by Crippen LogP contribution is 2.27. The number of hydrogen-bond donors (Lipinski definition) is 1. The Balaban J connectivity index is 4.14. The molecule has 2 atom stereocenters. The Morgan fingerprint density at radius 3 is 2.18 bits per heavy atom. The van der Waals surface area contributed by atoms with E-state index in [9.17, 15) is 14.4 Å². The van der Waals surface area contributed by atoms with E-state index in [2.05, 4.69) is 20.8 Å². The summed E-state index contributed by atoms with van der Waals surface area (Å²) in [6.07, 6.45) is 1.84. The molecule has 0 bridgehead atoms. The molecule has 0 aliphatic rings. The van der Waals surface area contributed by atoms with E-state index in [0.717, 1.165) is 12.8 Å². The number of carbonyl (C=O) groups excluding carboxylic acids is 2. The lowest BCUT2D eigenvalue weighted by atomic mass is 9.83. The van der Waals surface area contributed by atoms with Crippen LogP contribution in [0, 0.1) is 17.3 Å². The fraction of sp³-hybridized carbons (Fsp3) is 0.824. The summed E-state index contributed by atoms with van der Waals surface area (Å²) in [5, 5.41) is 8.55. The summed E-state index contributed by atoms with van der Waals surface area (Å²) in [5.74, 6) is -1.67. The van der Waals surface area contributed by atoms with E-state index in [0.29, 0.717) is 6.42 Å². The molecule has 0 amide bonds. The van der Waals surface area contributed by atoms with Gasteiger partial charge in [0.25, 0.3) is 0 Å². The summed E-state index contributed by atoms with van der Waals surface area (Å²) in [6.45, 7) is 10.2. The summed E-state index contributed by atoms with van der Waals surface area (Å²) < 4.78 is 5.28. The second kappa shape index (κ2) is 9.59. The Kier molecular flexibility index (Phi) is 8.99. The molecule has 0 aromatic rings. The lowest BCUT2D eigenvalue weighted by Gasteiger charge is -2.24. The molecule has 1 N–H and O–H groups in total. The second-order valence-electron chi connectivity index (χ2n) is 7.09. The lowest BCUT2D eigenvalue weighted by Crippen LogP contribution is -2.24. The average Bonchev–Trinajstić information content (AvgIpc) is 2.40. The Labute approximate surface area is 133 Å². The van der Waals surface area contributed by atoms with Gasteiger partial charge in [-0.3, -0.25) is 14.4 Å². The van der Waals surface area contributed by atoms with Crippen molar-refractivity contribution in [3.8, 4) is 0 Å². The first kappa shape index (κ1) is 20.6. The fourth-order valence-corrected chi connectivity index (χ4v) is 2.23. The Morgan fingerprint density at radius 2 is 1.73 bits per heavy atom. The van der Waals surface area contributed by atoms with Gasteiger partial charge in [-0.15, -0.1) is 0 Å². The van der Waals surface area contributed by atoms with Crippen LogP contribution >= 0.6 is 0 Å². The van der Waals surface area contributed by atoms with Crippen molar-refractivity contribution < 1.29 is 24.2 Å². The average molecular weight is 314 g/mol. The number of aliphatic carboxylic acids is 1. The number of rotatable bonds is 10. The summed E-state index contributed by atoms with van der Waals surface area (Å²) in [7, 11) is 0. The van der Waals surface area contributed by atoms with E-state index >= 15 is 0 Å². The number of ketones is 1. The molecule has 0 aliphatic carbocycles. The highest BCUT2D eigenvalue weighted by Gasteiger charge is 2.25. The first-order valence-electron chi connectivity index (χ1n) is 7.98. The number of carbonyl (C=O) groups is 3. The molecule has 2 unspecified atom stereocenters. The van der Waals surface area contributed by atoms with Gasteiger partial charge < -0.3 is 9.84 Å². The minimum Gasteiger partial charge on any atom is -0.481 e. The SMILES string of the molecule is CCC(CC(C)(C)C)C(=O)OCCC(C)C(=O)CCC(=O)O. The normalized spacial score (nSPS) is 14.2. The standard InChI is InChI=1S/C17H30O5/c1-6-13(11-17(3,4)5)16(21)22-10-9-12(2)14(18)7-8-15(19)20/h12-13H,6-11H2,1-5H3,(H,19,20). The summed E-state index contributed by atoms with van der Waals surface area (Å²) in [6, 6.07) is 0. The number of carboxylic acids is 1. The van der Waals surface area contributed by atoms with Gasteiger partial charge >= 0.3 is 11.9 Å². The summed E-state index contributed by atoms with van der Waals surface area (Å²) in [4.78, 5) is 34.2. The molecule has 0 spiro atoms. The van der Waals surface area contributed by atoms with Gasteiger partial charge in [-0.05, 0) is 24.7 Å². The first-order chi connectivity index (χ1) is 10.1. The van der Waals surface area contributed by atoms with E-state index in [-0.39, 0.29) is 48.5 Å². The van der Waals surface area contributed by atoms with Gasteiger partial charge in [0.15, 0.2) is 0 Å². The smallest absolute Gasteiger partial charge is 0.308 e. The Hall–Kier alpha value is -1.39. The molecule has 0 heterocycles. The number of carboxylic acid groups (broad SMARTS) is 1. The van der Waals surface area contributed by atoms with Crippen molar-refractivity contribution in [3.63, 3.8) is 0 Å². The maximum absolute atomic E-state index is 12.0. The van der Waals surface area contributed by atoms with Crippen LogP contribution in [0.5, 0.6) is 0 Å². The van der Waals surface area contributed by atoms with Gasteiger partial charge in [-0.2, -0.15) is 0 Å². The van der Waals surface area contributed by atoms with Crippen molar-refractivity contribution in [1.29, 1.82) is 0 Å². The van der Waals surface area contributed by atoms with Gasteiger partial charge in [0.05, 0.1) is 18.9 Å². The number of Topliss-reactive ketones (excluding diaryl/α,β-unsaturated/α-hetero) is 1. The molecule has 22 heavy (non-hydrogen) atoms. The van der Waals surface area contributed by atoms with E-state index in [1.165, 1.54) is 0 Å². The van der Waals surface area contributed by atoms with E-state index in [1.54, 1.807) is 6.92 Å². The number of ether oxygens (including phenoxy) is 1. The maximum atomic E-state index is 12.0. The van der Waals surface area contributed by atoms with Crippen molar-refractivity contribution in [2.24, 2.45) is 17.3 Å². The van der Waals surface area contributed by atoms with Crippen molar-refractivity contribution in [1.82, 2.24) is 0 Å². The van der Waals surface area contributed by atoms with Crippen molar-refractivity contribution in [2.45, 2.75) is 66.7 Å². The van der Waals surface area contributed by atoms with Gasteiger partial charge in [0, 0.05) is 12.3 Å². The maximum Gasteiger partial charge on any atom is 0.308 e. The third-order valence-corrected chi connectivity index (χ3v) is 3.62. The van der Waals surface area contributed by atoms with Crippen LogP contribution in [0.3, 0.4) is 0 Å². The summed E-state index contributed by atoms with van der Waals surface area (Å²) in [5.41, 5.74) is 0.0692. The zero-order valence-electron chi connectivity index (χ0n) is 14.5. The largest absolute Gasteiger partial charge is 0.481 e. The molecule has 5 nitrogen and oxygen atoms in total. The molecule has 0 fully saturated rings. The monoisotopic (exact) mass is 314 g/mol. The molecule has 0 aromatic heterocycles. The zero-order valence-corrected chi connectivity index (χ0v) is 14.5. The van der Waals surface area contributed by atoms with Gasteiger partial charge in [-0.25, -0.2) is 0 Å². The van der Waals surface area contributed by atoms with Gasteiger partial charge in [0.2, 0.25) is 0 Å². The van der Waals surface area contributed by atoms with Crippen molar-refractivity contribution >= 4 is 17.7 Å². The minimum absolute atomic E-state index is 0.0338. The van der Waals surface area contributed by atoms with Crippen LogP contribution in [0.25, 0.3) is 0 Å². The molecular formula is C17H30O5. The predicted octanol–water partition coefficient (Wildman–Crippen LogP) is 3.45. The van der Waals surface area contributed by atoms with Crippen LogP contribution in [0.1, 0.15) is 66.7 Å². The van der Waals surface area contributed by atoms with Crippen LogP contribution in [-0.4, -0.2) is 29.4 Å². The van der Waals surface area contributed by atoms with Crippen LogP contribution in [0.2, 0.25) is 0 Å². The molecule has 0 aliphatic heterocycles. The predicted molar refractivity (Wildman–Crippen MR) is 84.5 cm³/mol. The van der Waals surface area contributed by atoms with Crippen molar-refractivity contribution in [3.05, 3.63) is 0 Å². The zero-order chi connectivity index (χ0) is 17.3. The first-order valence-corrected chi connectivity index (χ1v) is 7.98. The molecule has 0 saturated heterocycles. The second-order valence-corrected chi connectivity index (χ2v) is 7.09. The fourth-order valence-electron chi connectivity index (χ4n) is 2.23. The molecule has 0 rings (SSSR count). The lowest BCUT2D eigenvalue weighted by molar-refractivity contribution is -0.150. The molecule has 128 valence electrons. The topological polar surface area (TPSA) is 80.7 Å². The highest BCUT2D eigenvalue weighted by atomic mass is 16.5. The molecule has 0 radical (unpaired) electrons. The number of hydrogen-bond acceptors (Lipinski definition) is 4. The number of esters is 1. The quantitative estimate of drug-likeness (QED) is 0.625. The van der Waals surface area contributed by atoms with Gasteiger partial charge in [0.1, 0.15) is 5.78 Å². The molecular weight excluding hydrogens is 284 g/mol. The highest BCUT2D eigenvalue weighted by molar-refractivity contribution is 5.84. The van der Waals surface area contributed by atoms with E-state index in [1.807, 2.05) is 6.92 Å². The third kappa shape index (κ3) is 9.53. The molecule has 0 aromatic carbocycles. The van der Waals surface area contributed by atoms with Crippen LogP contribution in [0.4, 0.5) is 0 Å².